The maximum atomic E-state index is 11.5. The lowest BCUT2D eigenvalue weighted by Gasteiger charge is -2.22. The largest absolute Gasteiger partial charge is 0.466 e. The molecule has 2 aliphatic rings. The highest BCUT2D eigenvalue weighted by Gasteiger charge is 2.57. The summed E-state index contributed by atoms with van der Waals surface area (Å²) in [6.45, 7) is 4.29. The molecule has 1 saturated heterocycles. The van der Waals surface area contributed by atoms with Gasteiger partial charge in [0, 0.05) is 0 Å². The monoisotopic (exact) mass is 170 g/mol. The molecule has 3 atom stereocenters. The minimum atomic E-state index is -0.260. The van der Waals surface area contributed by atoms with E-state index in [0.717, 1.165) is 12.8 Å². The molecule has 0 aromatic rings. The fraction of sp³-hybridized carbons (Fsp3) is 0.889. The zero-order chi connectivity index (χ0) is 8.77. The van der Waals surface area contributed by atoms with Crippen molar-refractivity contribution in [3.63, 3.8) is 0 Å². The van der Waals surface area contributed by atoms with E-state index < -0.39 is 0 Å². The molecule has 3 heteroatoms. The molecule has 0 N–H and O–H groups in total. The average molecular weight is 170 g/mol. The Bertz CT molecular complexity index is 202. The second-order valence-corrected chi connectivity index (χ2v) is 3.90. The van der Waals surface area contributed by atoms with E-state index in [1.54, 1.807) is 0 Å². The van der Waals surface area contributed by atoms with Gasteiger partial charge in [-0.1, -0.05) is 0 Å². The van der Waals surface area contributed by atoms with Crippen LogP contribution in [0.5, 0.6) is 0 Å². The van der Waals surface area contributed by atoms with Crippen LogP contribution in [0.2, 0.25) is 0 Å². The molecule has 0 bridgehead atoms. The van der Waals surface area contributed by atoms with E-state index in [2.05, 4.69) is 0 Å². The normalized spacial score (nSPS) is 43.8. The SMILES string of the molecule is CCOC(=O)C1(C)C[C@@H]2O[C@@H]2C1. The lowest BCUT2D eigenvalue weighted by atomic mass is 9.88. The summed E-state index contributed by atoms with van der Waals surface area (Å²) in [6.07, 6.45) is 2.38. The van der Waals surface area contributed by atoms with E-state index in [4.69, 9.17) is 9.47 Å². The third-order valence-corrected chi connectivity index (χ3v) is 2.76. The molecule has 1 heterocycles. The number of epoxide rings is 1. The number of hydrogen-bond acceptors (Lipinski definition) is 3. The summed E-state index contributed by atoms with van der Waals surface area (Å²) < 4.78 is 10.3. The molecule has 0 radical (unpaired) electrons. The quantitative estimate of drug-likeness (QED) is 0.460. The number of ether oxygens (including phenoxy) is 2. The van der Waals surface area contributed by atoms with E-state index in [9.17, 15) is 4.79 Å². The molecule has 0 aromatic carbocycles. The predicted molar refractivity (Wildman–Crippen MR) is 42.6 cm³/mol. The Balaban J connectivity index is 1.97. The van der Waals surface area contributed by atoms with Crippen molar-refractivity contribution in [1.82, 2.24) is 0 Å². The fourth-order valence-electron chi connectivity index (χ4n) is 1.98. The van der Waals surface area contributed by atoms with Crippen LogP contribution in [0.25, 0.3) is 0 Å². The van der Waals surface area contributed by atoms with Crippen molar-refractivity contribution >= 4 is 5.97 Å². The Morgan fingerprint density at radius 3 is 2.67 bits per heavy atom. The minimum Gasteiger partial charge on any atom is -0.466 e. The summed E-state index contributed by atoms with van der Waals surface area (Å²) in [5, 5.41) is 0. The number of rotatable bonds is 2. The highest BCUT2D eigenvalue weighted by atomic mass is 16.6. The Morgan fingerprint density at radius 1 is 1.58 bits per heavy atom. The molecule has 1 aliphatic heterocycles. The molecule has 2 rings (SSSR count). The third-order valence-electron chi connectivity index (χ3n) is 2.76. The molecule has 1 saturated carbocycles. The van der Waals surface area contributed by atoms with Crippen LogP contribution >= 0.6 is 0 Å². The summed E-state index contributed by atoms with van der Waals surface area (Å²) in [5.41, 5.74) is -0.260. The van der Waals surface area contributed by atoms with Crippen molar-refractivity contribution in [2.45, 2.75) is 38.9 Å². The smallest absolute Gasteiger partial charge is 0.311 e. The van der Waals surface area contributed by atoms with Gasteiger partial charge >= 0.3 is 5.97 Å². The van der Waals surface area contributed by atoms with Crippen LogP contribution in [-0.2, 0) is 14.3 Å². The van der Waals surface area contributed by atoms with E-state index >= 15 is 0 Å². The van der Waals surface area contributed by atoms with Crippen LogP contribution in [0, 0.1) is 5.41 Å². The molecule has 0 spiro atoms. The topological polar surface area (TPSA) is 38.8 Å². The van der Waals surface area contributed by atoms with Crippen LogP contribution in [0.3, 0.4) is 0 Å². The van der Waals surface area contributed by atoms with Crippen LogP contribution in [0.15, 0.2) is 0 Å². The van der Waals surface area contributed by atoms with Gasteiger partial charge in [-0.2, -0.15) is 0 Å². The van der Waals surface area contributed by atoms with Crippen LogP contribution in [-0.4, -0.2) is 24.8 Å². The van der Waals surface area contributed by atoms with Crippen LogP contribution in [0.1, 0.15) is 26.7 Å². The number of fused-ring (bicyclic) bond motifs is 1. The van der Waals surface area contributed by atoms with E-state index in [1.165, 1.54) is 0 Å². The van der Waals surface area contributed by atoms with Gasteiger partial charge in [-0.05, 0) is 26.7 Å². The van der Waals surface area contributed by atoms with Gasteiger partial charge in [-0.15, -0.1) is 0 Å². The number of carbonyl (C=O) groups excluding carboxylic acids is 1. The maximum Gasteiger partial charge on any atom is 0.311 e. The van der Waals surface area contributed by atoms with Gasteiger partial charge in [-0.3, -0.25) is 4.79 Å². The standard InChI is InChI=1S/C9H14O3/c1-3-11-8(10)9(2)4-6-7(5-9)12-6/h6-7H,3-5H2,1-2H3/t6-,7+,9?. The highest BCUT2D eigenvalue weighted by molar-refractivity contribution is 5.77. The Hall–Kier alpha value is -0.570. The number of esters is 1. The van der Waals surface area contributed by atoms with Crippen molar-refractivity contribution in [3.05, 3.63) is 0 Å². The van der Waals surface area contributed by atoms with Crippen molar-refractivity contribution < 1.29 is 14.3 Å². The van der Waals surface area contributed by atoms with Crippen molar-refractivity contribution in [1.29, 1.82) is 0 Å². The Kier molecular flexibility index (Phi) is 1.65. The van der Waals surface area contributed by atoms with Crippen molar-refractivity contribution in [2.75, 3.05) is 6.61 Å². The minimum absolute atomic E-state index is 0.0548. The second-order valence-electron chi connectivity index (χ2n) is 3.90. The van der Waals surface area contributed by atoms with E-state index in [1.807, 2.05) is 13.8 Å². The molecule has 1 unspecified atom stereocenters. The van der Waals surface area contributed by atoms with Gasteiger partial charge in [-0.25, -0.2) is 0 Å². The molecule has 3 nitrogen and oxygen atoms in total. The van der Waals surface area contributed by atoms with Gasteiger partial charge in [0.2, 0.25) is 0 Å². The molecule has 1 aliphatic carbocycles. The summed E-state index contributed by atoms with van der Waals surface area (Å²) in [7, 11) is 0. The summed E-state index contributed by atoms with van der Waals surface area (Å²) in [4.78, 5) is 11.5. The summed E-state index contributed by atoms with van der Waals surface area (Å²) in [6, 6.07) is 0. The van der Waals surface area contributed by atoms with E-state index in [-0.39, 0.29) is 11.4 Å². The predicted octanol–water partition coefficient (Wildman–Crippen LogP) is 1.12. The van der Waals surface area contributed by atoms with Gasteiger partial charge in [0.15, 0.2) is 0 Å². The fourth-order valence-corrected chi connectivity index (χ4v) is 1.98. The van der Waals surface area contributed by atoms with Crippen LogP contribution in [0.4, 0.5) is 0 Å². The first kappa shape index (κ1) is 8.05. The van der Waals surface area contributed by atoms with Crippen molar-refractivity contribution in [2.24, 2.45) is 5.41 Å². The number of hydrogen-bond donors (Lipinski definition) is 0. The zero-order valence-corrected chi connectivity index (χ0v) is 7.50. The molecule has 12 heavy (non-hydrogen) atoms. The molecular formula is C9H14O3. The molecular weight excluding hydrogens is 156 g/mol. The Morgan fingerprint density at radius 2 is 2.17 bits per heavy atom. The summed E-state index contributed by atoms with van der Waals surface area (Å²) >= 11 is 0. The second kappa shape index (κ2) is 2.46. The number of carbonyl (C=O) groups is 1. The summed E-state index contributed by atoms with van der Waals surface area (Å²) in [5.74, 6) is -0.0548. The zero-order valence-electron chi connectivity index (χ0n) is 7.50. The van der Waals surface area contributed by atoms with Crippen LogP contribution < -0.4 is 0 Å². The van der Waals surface area contributed by atoms with Gasteiger partial charge < -0.3 is 9.47 Å². The third kappa shape index (κ3) is 1.12. The lowest BCUT2D eigenvalue weighted by molar-refractivity contribution is -0.155. The average Bonchev–Trinajstić information content (AvgIpc) is 2.61. The molecule has 0 amide bonds. The Labute approximate surface area is 72.0 Å². The van der Waals surface area contributed by atoms with Gasteiger partial charge in [0.25, 0.3) is 0 Å². The van der Waals surface area contributed by atoms with Gasteiger partial charge in [0.1, 0.15) is 0 Å². The lowest BCUT2D eigenvalue weighted by Crippen LogP contribution is -2.29. The first-order valence-corrected chi connectivity index (χ1v) is 4.48. The first-order valence-electron chi connectivity index (χ1n) is 4.48. The van der Waals surface area contributed by atoms with Gasteiger partial charge in [0.05, 0.1) is 24.2 Å². The molecule has 2 fully saturated rings. The van der Waals surface area contributed by atoms with Crippen molar-refractivity contribution in [3.8, 4) is 0 Å². The molecule has 0 aromatic heterocycles. The maximum absolute atomic E-state index is 11.5. The first-order chi connectivity index (χ1) is 5.65. The van der Waals surface area contributed by atoms with E-state index in [0.29, 0.717) is 18.8 Å². The highest BCUT2D eigenvalue weighted by Crippen LogP contribution is 2.50. The molecule has 68 valence electrons.